The number of H-pyrrole nitrogens is 1. The van der Waals surface area contributed by atoms with Gasteiger partial charge in [0, 0.05) is 25.2 Å². The Kier molecular flexibility index (Phi) is 3.36. The van der Waals surface area contributed by atoms with E-state index in [2.05, 4.69) is 25.7 Å². The topological polar surface area (TPSA) is 99.9 Å². The Morgan fingerprint density at radius 2 is 2.30 bits per heavy atom. The van der Waals surface area contributed by atoms with Crippen molar-refractivity contribution in [1.82, 2.24) is 25.2 Å². The SMILES string of the molecule is Cc1noc(C2CCN(C(=O)Nc3cn[nH]c3)CC2)n1. The Labute approximate surface area is 115 Å². The van der Waals surface area contributed by atoms with Gasteiger partial charge < -0.3 is 14.7 Å². The summed E-state index contributed by atoms with van der Waals surface area (Å²) in [6, 6.07) is -0.105. The van der Waals surface area contributed by atoms with Crippen LogP contribution in [0.25, 0.3) is 0 Å². The number of amides is 2. The van der Waals surface area contributed by atoms with E-state index in [4.69, 9.17) is 4.52 Å². The summed E-state index contributed by atoms with van der Waals surface area (Å²) in [4.78, 5) is 18.1. The smallest absolute Gasteiger partial charge is 0.321 e. The molecule has 0 aliphatic carbocycles. The number of aromatic amines is 1. The van der Waals surface area contributed by atoms with Crippen LogP contribution in [0, 0.1) is 6.92 Å². The molecule has 0 atom stereocenters. The van der Waals surface area contributed by atoms with Crippen molar-refractivity contribution in [2.75, 3.05) is 18.4 Å². The molecule has 0 unspecified atom stereocenters. The predicted molar refractivity (Wildman–Crippen MR) is 70.2 cm³/mol. The van der Waals surface area contributed by atoms with E-state index in [1.54, 1.807) is 24.2 Å². The van der Waals surface area contributed by atoms with Gasteiger partial charge in [0.1, 0.15) is 0 Å². The third kappa shape index (κ3) is 2.63. The molecular formula is C12H16N6O2. The molecule has 1 fully saturated rings. The van der Waals surface area contributed by atoms with Gasteiger partial charge in [0.25, 0.3) is 0 Å². The standard InChI is InChI=1S/C12H16N6O2/c1-8-15-11(20-17-8)9-2-4-18(5-3-9)12(19)16-10-6-13-14-7-10/h6-7,9H,2-5H2,1H3,(H,13,14)(H,16,19). The van der Waals surface area contributed by atoms with Gasteiger partial charge >= 0.3 is 6.03 Å². The van der Waals surface area contributed by atoms with E-state index in [9.17, 15) is 4.79 Å². The van der Waals surface area contributed by atoms with Gasteiger partial charge in [0.05, 0.1) is 11.9 Å². The van der Waals surface area contributed by atoms with Gasteiger partial charge in [0.15, 0.2) is 5.82 Å². The van der Waals surface area contributed by atoms with Gasteiger partial charge in [0.2, 0.25) is 5.89 Å². The van der Waals surface area contributed by atoms with Crippen LogP contribution >= 0.6 is 0 Å². The molecule has 8 heteroatoms. The van der Waals surface area contributed by atoms with Crippen LogP contribution in [0.2, 0.25) is 0 Å². The summed E-state index contributed by atoms with van der Waals surface area (Å²) in [5.41, 5.74) is 0.671. The second kappa shape index (κ2) is 5.32. The molecule has 20 heavy (non-hydrogen) atoms. The van der Waals surface area contributed by atoms with Gasteiger partial charge in [-0.05, 0) is 19.8 Å². The molecule has 2 N–H and O–H groups in total. The van der Waals surface area contributed by atoms with Crippen molar-refractivity contribution in [1.29, 1.82) is 0 Å². The molecule has 2 amide bonds. The number of nitrogens with zero attached hydrogens (tertiary/aromatic N) is 4. The molecule has 106 valence electrons. The highest BCUT2D eigenvalue weighted by Gasteiger charge is 2.27. The van der Waals surface area contributed by atoms with Gasteiger partial charge in [-0.2, -0.15) is 10.1 Å². The highest BCUT2D eigenvalue weighted by Crippen LogP contribution is 2.26. The lowest BCUT2D eigenvalue weighted by atomic mass is 9.97. The van der Waals surface area contributed by atoms with E-state index in [0.717, 1.165) is 12.8 Å². The summed E-state index contributed by atoms with van der Waals surface area (Å²) in [6.07, 6.45) is 4.89. The van der Waals surface area contributed by atoms with Crippen molar-refractivity contribution in [3.8, 4) is 0 Å². The van der Waals surface area contributed by atoms with E-state index >= 15 is 0 Å². The molecule has 2 aromatic rings. The summed E-state index contributed by atoms with van der Waals surface area (Å²) in [5.74, 6) is 1.58. The summed E-state index contributed by atoms with van der Waals surface area (Å²) in [7, 11) is 0. The highest BCUT2D eigenvalue weighted by atomic mass is 16.5. The quantitative estimate of drug-likeness (QED) is 0.866. The molecule has 0 spiro atoms. The zero-order chi connectivity index (χ0) is 13.9. The van der Waals surface area contributed by atoms with Crippen LogP contribution in [0.4, 0.5) is 10.5 Å². The van der Waals surface area contributed by atoms with Crippen LogP contribution in [-0.2, 0) is 0 Å². The first-order chi connectivity index (χ1) is 9.72. The Bertz CT molecular complexity index is 571. The maximum absolute atomic E-state index is 12.0. The average molecular weight is 276 g/mol. The molecular weight excluding hydrogens is 260 g/mol. The molecule has 0 aromatic carbocycles. The van der Waals surface area contributed by atoms with Crippen molar-refractivity contribution < 1.29 is 9.32 Å². The van der Waals surface area contributed by atoms with E-state index in [0.29, 0.717) is 30.5 Å². The number of hydrogen-bond donors (Lipinski definition) is 2. The van der Waals surface area contributed by atoms with E-state index < -0.39 is 0 Å². The van der Waals surface area contributed by atoms with Gasteiger partial charge in [-0.15, -0.1) is 0 Å². The minimum Gasteiger partial charge on any atom is -0.339 e. The number of aryl methyl sites for hydroxylation is 1. The molecule has 0 radical (unpaired) electrons. The third-order valence-electron chi connectivity index (χ3n) is 3.42. The van der Waals surface area contributed by atoms with E-state index in [-0.39, 0.29) is 11.9 Å². The summed E-state index contributed by atoms with van der Waals surface area (Å²) in [6.45, 7) is 3.16. The normalized spacial score (nSPS) is 16.4. The van der Waals surface area contributed by atoms with Gasteiger partial charge in [-0.1, -0.05) is 5.16 Å². The number of likely N-dealkylation sites (tertiary alicyclic amines) is 1. The van der Waals surface area contributed by atoms with Crippen molar-refractivity contribution in [2.45, 2.75) is 25.7 Å². The lowest BCUT2D eigenvalue weighted by Gasteiger charge is -2.30. The molecule has 1 aliphatic rings. The first-order valence-corrected chi connectivity index (χ1v) is 6.57. The van der Waals surface area contributed by atoms with Gasteiger partial charge in [-0.25, -0.2) is 4.79 Å². The van der Waals surface area contributed by atoms with Crippen molar-refractivity contribution in [3.63, 3.8) is 0 Å². The van der Waals surface area contributed by atoms with Crippen LogP contribution in [0.15, 0.2) is 16.9 Å². The number of carbonyl (C=O) groups excluding carboxylic acids is 1. The molecule has 0 bridgehead atoms. The molecule has 8 nitrogen and oxygen atoms in total. The van der Waals surface area contributed by atoms with Crippen LogP contribution in [0.1, 0.15) is 30.5 Å². The predicted octanol–water partition coefficient (Wildman–Crippen LogP) is 1.51. The van der Waals surface area contributed by atoms with Crippen LogP contribution in [-0.4, -0.2) is 44.4 Å². The first kappa shape index (κ1) is 12.6. The minimum atomic E-state index is -0.105. The molecule has 1 saturated heterocycles. The second-order valence-electron chi connectivity index (χ2n) is 4.86. The number of urea groups is 1. The Morgan fingerprint density at radius 3 is 2.90 bits per heavy atom. The minimum absolute atomic E-state index is 0.105. The molecule has 1 aliphatic heterocycles. The van der Waals surface area contributed by atoms with E-state index in [1.807, 2.05) is 0 Å². The number of hydrogen-bond acceptors (Lipinski definition) is 5. The average Bonchev–Trinajstić information content (AvgIpc) is 3.10. The molecule has 2 aromatic heterocycles. The Morgan fingerprint density at radius 1 is 1.50 bits per heavy atom. The van der Waals surface area contributed by atoms with Crippen molar-refractivity contribution in [2.24, 2.45) is 0 Å². The second-order valence-corrected chi connectivity index (χ2v) is 4.86. The van der Waals surface area contributed by atoms with Gasteiger partial charge in [-0.3, -0.25) is 5.10 Å². The fraction of sp³-hybridized carbons (Fsp3) is 0.500. The number of rotatable bonds is 2. The number of nitrogens with one attached hydrogen (secondary N) is 2. The molecule has 0 saturated carbocycles. The fourth-order valence-corrected chi connectivity index (χ4v) is 2.33. The van der Waals surface area contributed by atoms with Crippen LogP contribution in [0.3, 0.4) is 0 Å². The van der Waals surface area contributed by atoms with Crippen LogP contribution < -0.4 is 5.32 Å². The zero-order valence-electron chi connectivity index (χ0n) is 11.2. The summed E-state index contributed by atoms with van der Waals surface area (Å²) >= 11 is 0. The first-order valence-electron chi connectivity index (χ1n) is 6.57. The fourth-order valence-electron chi connectivity index (χ4n) is 2.33. The van der Waals surface area contributed by atoms with Crippen molar-refractivity contribution >= 4 is 11.7 Å². The summed E-state index contributed by atoms with van der Waals surface area (Å²) < 4.78 is 5.19. The highest BCUT2D eigenvalue weighted by molar-refractivity contribution is 5.89. The van der Waals surface area contributed by atoms with E-state index in [1.165, 1.54) is 0 Å². The Balaban J connectivity index is 1.54. The maximum Gasteiger partial charge on any atom is 0.321 e. The number of carbonyl (C=O) groups is 1. The lowest BCUT2D eigenvalue weighted by Crippen LogP contribution is -2.40. The lowest BCUT2D eigenvalue weighted by molar-refractivity contribution is 0.187. The zero-order valence-corrected chi connectivity index (χ0v) is 11.2. The monoisotopic (exact) mass is 276 g/mol. The molecule has 3 heterocycles. The third-order valence-corrected chi connectivity index (χ3v) is 3.42. The number of anilines is 1. The largest absolute Gasteiger partial charge is 0.339 e. The summed E-state index contributed by atoms with van der Waals surface area (Å²) in [5, 5.41) is 13.0. The maximum atomic E-state index is 12.0. The molecule has 3 rings (SSSR count). The van der Waals surface area contributed by atoms with Crippen molar-refractivity contribution in [3.05, 3.63) is 24.1 Å². The number of piperidine rings is 1. The number of aromatic nitrogens is 4. The Hall–Kier alpha value is -2.38. The van der Waals surface area contributed by atoms with Crippen LogP contribution in [0.5, 0.6) is 0 Å².